The number of thiazole rings is 1. The van der Waals surface area contributed by atoms with E-state index in [1.807, 2.05) is 0 Å². The summed E-state index contributed by atoms with van der Waals surface area (Å²) >= 11 is 1.19. The maximum absolute atomic E-state index is 11.9. The maximum atomic E-state index is 11.9. The number of aryl methyl sites for hydroxylation is 1. The molecular weight excluding hydrogens is 214 g/mol. The van der Waals surface area contributed by atoms with Gasteiger partial charge in [-0.3, -0.25) is 4.79 Å². The lowest BCUT2D eigenvalue weighted by atomic mass is 9.97. The van der Waals surface area contributed by atoms with Crippen LogP contribution in [0, 0.1) is 6.92 Å². The van der Waals surface area contributed by atoms with Gasteiger partial charge in [0.1, 0.15) is 4.88 Å². The second kappa shape index (κ2) is 3.18. The fraction of sp³-hybridized carbons (Fsp3) is 0.556. The Morgan fingerprint density at radius 3 is 2.67 bits per heavy atom. The van der Waals surface area contributed by atoms with Crippen molar-refractivity contribution in [3.05, 3.63) is 10.6 Å². The number of aliphatic hydroxyl groups is 1. The van der Waals surface area contributed by atoms with Gasteiger partial charge >= 0.3 is 0 Å². The molecule has 5 nitrogen and oxygen atoms in total. The number of rotatable bonds is 1. The molecule has 0 radical (unpaired) electrons. The fourth-order valence-electron chi connectivity index (χ4n) is 1.68. The molecule has 1 aromatic rings. The standard InChI is InChI=1S/C9H13N3O2S/c1-5-6(15-8(10)11-5)7(13)12-3-9(2,14)4-12/h14H,3-4H2,1-2H3,(H2,10,11). The van der Waals surface area contributed by atoms with Crippen molar-refractivity contribution in [2.45, 2.75) is 19.4 Å². The second-order valence-electron chi connectivity index (χ2n) is 4.12. The van der Waals surface area contributed by atoms with Crippen molar-refractivity contribution in [2.24, 2.45) is 0 Å². The number of aromatic nitrogens is 1. The molecule has 0 aliphatic carbocycles. The molecule has 2 heterocycles. The average Bonchev–Trinajstić information content (AvgIpc) is 2.40. The van der Waals surface area contributed by atoms with Gasteiger partial charge in [0.15, 0.2) is 5.13 Å². The number of nitrogen functional groups attached to an aromatic ring is 1. The number of carbonyl (C=O) groups is 1. The molecule has 3 N–H and O–H groups in total. The van der Waals surface area contributed by atoms with Crippen molar-refractivity contribution in [3.63, 3.8) is 0 Å². The van der Waals surface area contributed by atoms with Crippen LogP contribution in [0.15, 0.2) is 0 Å². The van der Waals surface area contributed by atoms with E-state index in [-0.39, 0.29) is 5.91 Å². The quantitative estimate of drug-likeness (QED) is 0.720. The predicted octanol–water partition coefficient (Wildman–Crippen LogP) is 0.241. The third-order valence-corrected chi connectivity index (χ3v) is 3.33. The average molecular weight is 227 g/mol. The van der Waals surface area contributed by atoms with Crippen molar-refractivity contribution in [1.82, 2.24) is 9.88 Å². The van der Waals surface area contributed by atoms with Crippen LogP contribution in [-0.4, -0.2) is 39.6 Å². The van der Waals surface area contributed by atoms with Gasteiger partial charge < -0.3 is 15.7 Å². The summed E-state index contributed by atoms with van der Waals surface area (Å²) < 4.78 is 0. The molecule has 1 amide bonds. The predicted molar refractivity (Wildman–Crippen MR) is 57.8 cm³/mol. The van der Waals surface area contributed by atoms with Crippen LogP contribution in [0.4, 0.5) is 5.13 Å². The number of nitrogens with zero attached hydrogens (tertiary/aromatic N) is 2. The lowest BCUT2D eigenvalue weighted by Crippen LogP contribution is -2.61. The Labute approximate surface area is 91.5 Å². The summed E-state index contributed by atoms with van der Waals surface area (Å²) in [6.07, 6.45) is 0. The highest BCUT2D eigenvalue weighted by atomic mass is 32.1. The Kier molecular flexibility index (Phi) is 2.20. The van der Waals surface area contributed by atoms with Crippen LogP contribution < -0.4 is 5.73 Å². The summed E-state index contributed by atoms with van der Waals surface area (Å²) in [5, 5.41) is 9.93. The molecule has 0 aromatic carbocycles. The highest BCUT2D eigenvalue weighted by Crippen LogP contribution is 2.26. The van der Waals surface area contributed by atoms with E-state index in [1.54, 1.807) is 18.7 Å². The van der Waals surface area contributed by atoms with Gasteiger partial charge in [0.25, 0.3) is 5.91 Å². The summed E-state index contributed by atoms with van der Waals surface area (Å²) in [6, 6.07) is 0. The van der Waals surface area contributed by atoms with Crippen molar-refractivity contribution in [1.29, 1.82) is 0 Å². The Morgan fingerprint density at radius 1 is 1.67 bits per heavy atom. The summed E-state index contributed by atoms with van der Waals surface area (Å²) in [4.78, 5) is 18.0. The second-order valence-corrected chi connectivity index (χ2v) is 5.16. The van der Waals surface area contributed by atoms with Gasteiger partial charge in [-0.25, -0.2) is 4.98 Å². The number of β-amino-alcohol motifs (C(OH)–C–C–N with tert-alkyl or cyclic N) is 1. The van der Waals surface area contributed by atoms with E-state index < -0.39 is 5.60 Å². The van der Waals surface area contributed by atoms with Gasteiger partial charge in [-0.15, -0.1) is 0 Å². The summed E-state index contributed by atoms with van der Waals surface area (Å²) in [7, 11) is 0. The summed E-state index contributed by atoms with van der Waals surface area (Å²) in [5.41, 5.74) is 5.44. The molecule has 0 spiro atoms. The molecule has 1 aliphatic heterocycles. The van der Waals surface area contributed by atoms with Crippen molar-refractivity contribution >= 4 is 22.4 Å². The lowest BCUT2D eigenvalue weighted by molar-refractivity contribution is -0.0667. The van der Waals surface area contributed by atoms with Crippen molar-refractivity contribution in [3.8, 4) is 0 Å². The highest BCUT2D eigenvalue weighted by Gasteiger charge is 2.40. The molecular formula is C9H13N3O2S. The summed E-state index contributed by atoms with van der Waals surface area (Å²) in [6.45, 7) is 4.23. The maximum Gasteiger partial charge on any atom is 0.266 e. The van der Waals surface area contributed by atoms with Gasteiger partial charge in [0.05, 0.1) is 24.4 Å². The van der Waals surface area contributed by atoms with Crippen LogP contribution in [0.5, 0.6) is 0 Å². The third kappa shape index (κ3) is 1.82. The van der Waals surface area contributed by atoms with Gasteiger partial charge in [-0.2, -0.15) is 0 Å². The first-order valence-electron chi connectivity index (χ1n) is 4.64. The minimum atomic E-state index is -0.736. The van der Waals surface area contributed by atoms with Gasteiger partial charge in [0.2, 0.25) is 0 Å². The van der Waals surface area contributed by atoms with Crippen LogP contribution >= 0.6 is 11.3 Å². The van der Waals surface area contributed by atoms with E-state index >= 15 is 0 Å². The first-order chi connectivity index (χ1) is 6.89. The molecule has 1 fully saturated rings. The molecule has 15 heavy (non-hydrogen) atoms. The van der Waals surface area contributed by atoms with Crippen LogP contribution in [-0.2, 0) is 0 Å². The highest BCUT2D eigenvalue weighted by molar-refractivity contribution is 7.17. The minimum absolute atomic E-state index is 0.0896. The first-order valence-corrected chi connectivity index (χ1v) is 5.45. The number of carbonyl (C=O) groups excluding carboxylic acids is 1. The molecule has 82 valence electrons. The van der Waals surface area contributed by atoms with E-state index in [1.165, 1.54) is 11.3 Å². The zero-order valence-electron chi connectivity index (χ0n) is 8.65. The Hall–Kier alpha value is -1.14. The number of likely N-dealkylation sites (tertiary alicyclic amines) is 1. The Balaban J connectivity index is 2.13. The van der Waals surface area contributed by atoms with E-state index in [2.05, 4.69) is 4.98 Å². The van der Waals surface area contributed by atoms with Gasteiger partial charge in [0, 0.05) is 0 Å². The molecule has 0 unspecified atom stereocenters. The number of anilines is 1. The number of hydrogen-bond donors (Lipinski definition) is 2. The van der Waals surface area contributed by atoms with E-state index in [0.717, 1.165) is 0 Å². The topological polar surface area (TPSA) is 79.5 Å². The molecule has 6 heteroatoms. The number of nitrogens with two attached hydrogens (primary N) is 1. The summed E-state index contributed by atoms with van der Waals surface area (Å²) in [5.74, 6) is -0.0896. The van der Waals surface area contributed by atoms with E-state index in [9.17, 15) is 9.90 Å². The van der Waals surface area contributed by atoms with Crippen molar-refractivity contribution in [2.75, 3.05) is 18.8 Å². The molecule has 1 aliphatic rings. The van der Waals surface area contributed by atoms with E-state index in [0.29, 0.717) is 28.8 Å². The smallest absolute Gasteiger partial charge is 0.266 e. The van der Waals surface area contributed by atoms with Gasteiger partial charge in [-0.05, 0) is 13.8 Å². The number of amides is 1. The van der Waals surface area contributed by atoms with Gasteiger partial charge in [-0.1, -0.05) is 11.3 Å². The van der Waals surface area contributed by atoms with Crippen LogP contribution in [0.1, 0.15) is 22.3 Å². The lowest BCUT2D eigenvalue weighted by Gasteiger charge is -2.43. The zero-order valence-corrected chi connectivity index (χ0v) is 9.47. The SMILES string of the molecule is Cc1nc(N)sc1C(=O)N1CC(C)(O)C1. The largest absolute Gasteiger partial charge is 0.386 e. The molecule has 1 aromatic heterocycles. The Morgan fingerprint density at radius 2 is 2.27 bits per heavy atom. The third-order valence-electron chi connectivity index (χ3n) is 2.36. The Bertz CT molecular complexity index is 405. The normalized spacial score (nSPS) is 18.7. The first kappa shape index (κ1) is 10.4. The molecule has 0 atom stereocenters. The molecule has 0 bridgehead atoms. The molecule has 1 saturated heterocycles. The number of hydrogen-bond acceptors (Lipinski definition) is 5. The monoisotopic (exact) mass is 227 g/mol. The zero-order chi connectivity index (χ0) is 11.2. The van der Waals surface area contributed by atoms with E-state index in [4.69, 9.17) is 5.73 Å². The molecule has 0 saturated carbocycles. The van der Waals surface area contributed by atoms with Crippen LogP contribution in [0.2, 0.25) is 0 Å². The van der Waals surface area contributed by atoms with Crippen molar-refractivity contribution < 1.29 is 9.90 Å². The van der Waals surface area contributed by atoms with Crippen LogP contribution in [0.3, 0.4) is 0 Å². The minimum Gasteiger partial charge on any atom is -0.386 e. The fourth-order valence-corrected chi connectivity index (χ4v) is 2.48. The van der Waals surface area contributed by atoms with Crippen LogP contribution in [0.25, 0.3) is 0 Å². The molecule has 2 rings (SSSR count).